The Morgan fingerprint density at radius 2 is 1.95 bits per heavy atom. The van der Waals surface area contributed by atoms with Gasteiger partial charge < -0.3 is 10.1 Å². The number of hydrogen-bond acceptors (Lipinski definition) is 3. The lowest BCUT2D eigenvalue weighted by Gasteiger charge is -2.16. The molecule has 0 aliphatic carbocycles. The fourth-order valence-electron chi connectivity index (χ4n) is 1.79. The first-order chi connectivity index (χ1) is 9.17. The molecule has 0 bridgehead atoms. The van der Waals surface area contributed by atoms with Gasteiger partial charge in [0, 0.05) is 12.8 Å². The molecule has 1 atom stereocenters. The highest BCUT2D eigenvalue weighted by atomic mass is 16.5. The van der Waals surface area contributed by atoms with Crippen molar-refractivity contribution in [1.82, 2.24) is 5.32 Å². The van der Waals surface area contributed by atoms with Crippen LogP contribution in [0.5, 0.6) is 0 Å². The number of benzene rings is 1. The highest BCUT2D eigenvalue weighted by Crippen LogP contribution is 2.05. The van der Waals surface area contributed by atoms with Gasteiger partial charge in [0.15, 0.2) is 0 Å². The van der Waals surface area contributed by atoms with E-state index >= 15 is 0 Å². The molecule has 1 aromatic rings. The van der Waals surface area contributed by atoms with E-state index in [2.05, 4.69) is 5.32 Å². The van der Waals surface area contributed by atoms with E-state index in [9.17, 15) is 9.59 Å². The SMILES string of the molecule is CCCCC(=O)N[C@@H](Cc1ccccc1)C(=O)OC. The van der Waals surface area contributed by atoms with Crippen molar-refractivity contribution < 1.29 is 14.3 Å². The molecule has 0 aromatic heterocycles. The lowest BCUT2D eigenvalue weighted by Crippen LogP contribution is -2.42. The lowest BCUT2D eigenvalue weighted by molar-refractivity contribution is -0.145. The molecular weight excluding hydrogens is 242 g/mol. The summed E-state index contributed by atoms with van der Waals surface area (Å²) in [5, 5.41) is 2.74. The normalized spacial score (nSPS) is 11.7. The minimum Gasteiger partial charge on any atom is -0.467 e. The fourth-order valence-corrected chi connectivity index (χ4v) is 1.79. The number of methoxy groups -OCH3 is 1. The number of carbonyl (C=O) groups excluding carboxylic acids is 2. The largest absolute Gasteiger partial charge is 0.467 e. The fraction of sp³-hybridized carbons (Fsp3) is 0.467. The van der Waals surface area contributed by atoms with Gasteiger partial charge in [0.2, 0.25) is 5.91 Å². The van der Waals surface area contributed by atoms with E-state index in [1.54, 1.807) is 0 Å². The molecule has 0 aliphatic rings. The van der Waals surface area contributed by atoms with Crippen LogP contribution in [0.2, 0.25) is 0 Å². The highest BCUT2D eigenvalue weighted by Gasteiger charge is 2.21. The van der Waals surface area contributed by atoms with Gasteiger partial charge in [0.05, 0.1) is 7.11 Å². The molecule has 4 heteroatoms. The predicted octanol–water partition coefficient (Wildman–Crippen LogP) is 2.08. The third-order valence-corrected chi connectivity index (χ3v) is 2.86. The Balaban J connectivity index is 2.62. The van der Waals surface area contributed by atoms with Crippen molar-refractivity contribution in [2.75, 3.05) is 7.11 Å². The third-order valence-electron chi connectivity index (χ3n) is 2.86. The first-order valence-corrected chi connectivity index (χ1v) is 6.58. The summed E-state index contributed by atoms with van der Waals surface area (Å²) in [4.78, 5) is 23.4. The third kappa shape index (κ3) is 5.55. The van der Waals surface area contributed by atoms with Crippen LogP contribution in [0.3, 0.4) is 0 Å². The zero-order valence-electron chi connectivity index (χ0n) is 11.5. The van der Waals surface area contributed by atoms with Gasteiger partial charge in [-0.1, -0.05) is 43.7 Å². The number of carbonyl (C=O) groups is 2. The van der Waals surface area contributed by atoms with Crippen molar-refractivity contribution in [3.63, 3.8) is 0 Å². The van der Waals surface area contributed by atoms with Gasteiger partial charge in [-0.05, 0) is 12.0 Å². The van der Waals surface area contributed by atoms with Gasteiger partial charge in [-0.15, -0.1) is 0 Å². The molecule has 1 rings (SSSR count). The molecule has 104 valence electrons. The molecule has 0 aliphatic heterocycles. The molecule has 0 heterocycles. The average molecular weight is 263 g/mol. The summed E-state index contributed by atoms with van der Waals surface area (Å²) in [5.41, 5.74) is 0.994. The zero-order valence-corrected chi connectivity index (χ0v) is 11.5. The lowest BCUT2D eigenvalue weighted by atomic mass is 10.1. The summed E-state index contributed by atoms with van der Waals surface area (Å²) in [6.07, 6.45) is 2.67. The van der Waals surface area contributed by atoms with E-state index in [1.807, 2.05) is 37.3 Å². The summed E-state index contributed by atoms with van der Waals surface area (Å²) in [6.45, 7) is 2.02. The quantitative estimate of drug-likeness (QED) is 0.766. The van der Waals surface area contributed by atoms with Crippen molar-refractivity contribution in [2.45, 2.75) is 38.6 Å². The summed E-state index contributed by atoms with van der Waals surface area (Å²) in [5.74, 6) is -0.512. The van der Waals surface area contributed by atoms with Crippen LogP contribution < -0.4 is 5.32 Å². The summed E-state index contributed by atoms with van der Waals surface area (Å²) < 4.78 is 4.74. The highest BCUT2D eigenvalue weighted by molar-refractivity contribution is 5.84. The molecule has 0 unspecified atom stereocenters. The molecule has 19 heavy (non-hydrogen) atoms. The van der Waals surface area contributed by atoms with E-state index in [-0.39, 0.29) is 5.91 Å². The zero-order chi connectivity index (χ0) is 14.1. The Morgan fingerprint density at radius 3 is 2.53 bits per heavy atom. The second-order valence-electron chi connectivity index (χ2n) is 4.44. The summed E-state index contributed by atoms with van der Waals surface area (Å²) in [6, 6.07) is 8.96. The molecule has 1 N–H and O–H groups in total. The first-order valence-electron chi connectivity index (χ1n) is 6.58. The van der Waals surface area contributed by atoms with Gasteiger partial charge in [-0.2, -0.15) is 0 Å². The summed E-state index contributed by atoms with van der Waals surface area (Å²) in [7, 11) is 1.33. The molecule has 4 nitrogen and oxygen atoms in total. The Kier molecular flexibility index (Phi) is 6.64. The van der Waals surface area contributed by atoms with Crippen LogP contribution in [-0.4, -0.2) is 25.0 Å². The number of unbranched alkanes of at least 4 members (excludes halogenated alkanes) is 1. The maximum Gasteiger partial charge on any atom is 0.328 e. The molecule has 0 saturated heterocycles. The van der Waals surface area contributed by atoms with E-state index in [4.69, 9.17) is 4.74 Å². The van der Waals surface area contributed by atoms with Gasteiger partial charge >= 0.3 is 5.97 Å². The minimum absolute atomic E-state index is 0.104. The standard InChI is InChI=1S/C15H21NO3/c1-3-4-10-14(17)16-13(15(18)19-2)11-12-8-6-5-7-9-12/h5-9,13H,3-4,10-11H2,1-2H3,(H,16,17)/t13-/m0/s1. The van der Waals surface area contributed by atoms with Crippen molar-refractivity contribution in [3.05, 3.63) is 35.9 Å². The first kappa shape index (κ1) is 15.2. The van der Waals surface area contributed by atoms with Gasteiger partial charge in [0.1, 0.15) is 6.04 Å². The topological polar surface area (TPSA) is 55.4 Å². The average Bonchev–Trinajstić information content (AvgIpc) is 2.44. The van der Waals surface area contributed by atoms with Crippen molar-refractivity contribution in [1.29, 1.82) is 0 Å². The molecule has 1 amide bonds. The van der Waals surface area contributed by atoms with Crippen LogP contribution in [0, 0.1) is 0 Å². The van der Waals surface area contributed by atoms with Crippen LogP contribution in [0.1, 0.15) is 31.7 Å². The van der Waals surface area contributed by atoms with Crippen LogP contribution in [-0.2, 0) is 20.7 Å². The number of ether oxygens (including phenoxy) is 1. The van der Waals surface area contributed by atoms with Crippen LogP contribution >= 0.6 is 0 Å². The van der Waals surface area contributed by atoms with Crippen molar-refractivity contribution in [2.24, 2.45) is 0 Å². The number of rotatable bonds is 7. The number of nitrogens with one attached hydrogen (secondary N) is 1. The molecule has 0 radical (unpaired) electrons. The molecule has 0 fully saturated rings. The van der Waals surface area contributed by atoms with E-state index in [1.165, 1.54) is 7.11 Å². The van der Waals surface area contributed by atoms with Crippen LogP contribution in [0.25, 0.3) is 0 Å². The minimum atomic E-state index is -0.614. The van der Waals surface area contributed by atoms with Gasteiger partial charge in [-0.25, -0.2) is 4.79 Å². The number of amides is 1. The maximum absolute atomic E-state index is 11.7. The van der Waals surface area contributed by atoms with Gasteiger partial charge in [0.25, 0.3) is 0 Å². The number of hydrogen-bond donors (Lipinski definition) is 1. The second-order valence-corrected chi connectivity index (χ2v) is 4.44. The smallest absolute Gasteiger partial charge is 0.328 e. The van der Waals surface area contributed by atoms with E-state index in [0.29, 0.717) is 12.8 Å². The Labute approximate surface area is 114 Å². The van der Waals surface area contributed by atoms with Crippen molar-refractivity contribution in [3.8, 4) is 0 Å². The number of esters is 1. The Hall–Kier alpha value is -1.84. The van der Waals surface area contributed by atoms with Crippen molar-refractivity contribution >= 4 is 11.9 Å². The van der Waals surface area contributed by atoms with E-state index < -0.39 is 12.0 Å². The van der Waals surface area contributed by atoms with Crippen LogP contribution in [0.15, 0.2) is 30.3 Å². The molecule has 0 spiro atoms. The maximum atomic E-state index is 11.7. The molecular formula is C15H21NO3. The molecule has 0 saturated carbocycles. The Morgan fingerprint density at radius 1 is 1.26 bits per heavy atom. The molecule has 1 aromatic carbocycles. The van der Waals surface area contributed by atoms with Crippen LogP contribution in [0.4, 0.5) is 0 Å². The summed E-state index contributed by atoms with van der Waals surface area (Å²) >= 11 is 0. The van der Waals surface area contributed by atoms with Gasteiger partial charge in [-0.3, -0.25) is 4.79 Å². The second kappa shape index (κ2) is 8.29. The predicted molar refractivity (Wildman–Crippen MR) is 73.6 cm³/mol. The Bertz CT molecular complexity index is 403. The monoisotopic (exact) mass is 263 g/mol. The van der Waals surface area contributed by atoms with E-state index in [0.717, 1.165) is 18.4 Å².